The molecule has 2 atom stereocenters. The zero-order chi connectivity index (χ0) is 11.4. The molecule has 0 aromatic carbocycles. The van der Waals surface area contributed by atoms with Crippen molar-refractivity contribution in [3.05, 3.63) is 22.4 Å². The molecule has 0 amide bonds. The molecule has 90 valence electrons. The molecule has 1 aliphatic rings. The van der Waals surface area contributed by atoms with Crippen LogP contribution in [0.1, 0.15) is 23.8 Å². The van der Waals surface area contributed by atoms with Crippen LogP contribution < -0.4 is 5.73 Å². The minimum Gasteiger partial charge on any atom is -0.380 e. The third-order valence-electron chi connectivity index (χ3n) is 3.28. The standard InChI is InChI=1S/C12H20N2OS/c1-15-10-4-2-6-14(9-10)11(8-13)12-5-3-7-16-12/h3,5,7,10-11H,2,4,6,8-9,13H2,1H3. The van der Waals surface area contributed by atoms with E-state index in [4.69, 9.17) is 10.5 Å². The Kier molecular flexibility index (Phi) is 4.35. The third kappa shape index (κ3) is 2.63. The predicted molar refractivity (Wildman–Crippen MR) is 67.7 cm³/mol. The number of rotatable bonds is 4. The third-order valence-corrected chi connectivity index (χ3v) is 4.25. The van der Waals surface area contributed by atoms with Gasteiger partial charge in [-0.2, -0.15) is 0 Å². The van der Waals surface area contributed by atoms with E-state index >= 15 is 0 Å². The molecule has 1 aromatic rings. The fraction of sp³-hybridized carbons (Fsp3) is 0.667. The van der Waals surface area contributed by atoms with Gasteiger partial charge in [-0.05, 0) is 30.8 Å². The molecule has 0 spiro atoms. The normalized spacial score (nSPS) is 24.5. The van der Waals surface area contributed by atoms with Crippen LogP contribution in [0.3, 0.4) is 0 Å². The number of ether oxygens (including phenoxy) is 1. The van der Waals surface area contributed by atoms with Crippen LogP contribution in [0.25, 0.3) is 0 Å². The summed E-state index contributed by atoms with van der Waals surface area (Å²) in [6.07, 6.45) is 2.76. The molecule has 2 unspecified atom stereocenters. The summed E-state index contributed by atoms with van der Waals surface area (Å²) in [5.41, 5.74) is 5.91. The Morgan fingerprint density at radius 3 is 3.19 bits per heavy atom. The van der Waals surface area contributed by atoms with E-state index < -0.39 is 0 Å². The van der Waals surface area contributed by atoms with Crippen LogP contribution in [0, 0.1) is 0 Å². The lowest BCUT2D eigenvalue weighted by atomic mass is 10.0. The van der Waals surface area contributed by atoms with Gasteiger partial charge < -0.3 is 10.5 Å². The van der Waals surface area contributed by atoms with E-state index in [0.717, 1.165) is 13.1 Å². The highest BCUT2D eigenvalue weighted by molar-refractivity contribution is 7.10. The summed E-state index contributed by atoms with van der Waals surface area (Å²) >= 11 is 1.80. The molecule has 0 radical (unpaired) electrons. The van der Waals surface area contributed by atoms with E-state index in [0.29, 0.717) is 18.7 Å². The number of hydrogen-bond donors (Lipinski definition) is 1. The van der Waals surface area contributed by atoms with Crippen molar-refractivity contribution in [2.45, 2.75) is 25.0 Å². The first kappa shape index (κ1) is 12.0. The lowest BCUT2D eigenvalue weighted by molar-refractivity contribution is 0.0161. The van der Waals surface area contributed by atoms with Gasteiger partial charge in [0.25, 0.3) is 0 Å². The molecule has 4 heteroatoms. The maximum Gasteiger partial charge on any atom is 0.0698 e. The molecule has 0 saturated carbocycles. The SMILES string of the molecule is COC1CCCN(C(CN)c2cccs2)C1. The van der Waals surface area contributed by atoms with Gasteiger partial charge in [-0.25, -0.2) is 0 Å². The lowest BCUT2D eigenvalue weighted by Crippen LogP contribution is -2.43. The Balaban J connectivity index is 2.03. The molecule has 1 saturated heterocycles. The topological polar surface area (TPSA) is 38.5 Å². The first-order valence-corrected chi connectivity index (χ1v) is 6.73. The van der Waals surface area contributed by atoms with Crippen molar-refractivity contribution in [3.63, 3.8) is 0 Å². The molecule has 3 nitrogen and oxygen atoms in total. The Labute approximate surface area is 101 Å². The number of likely N-dealkylation sites (tertiary alicyclic amines) is 1. The quantitative estimate of drug-likeness (QED) is 0.873. The minimum absolute atomic E-state index is 0.373. The van der Waals surface area contributed by atoms with Gasteiger partial charge in [0.05, 0.1) is 12.1 Å². The van der Waals surface area contributed by atoms with Crippen molar-refractivity contribution in [2.75, 3.05) is 26.7 Å². The molecule has 16 heavy (non-hydrogen) atoms. The highest BCUT2D eigenvalue weighted by Crippen LogP contribution is 2.27. The van der Waals surface area contributed by atoms with Crippen LogP contribution in [-0.4, -0.2) is 37.7 Å². The van der Waals surface area contributed by atoms with Crippen LogP contribution in [0.15, 0.2) is 17.5 Å². The van der Waals surface area contributed by atoms with Gasteiger partial charge in [0, 0.05) is 25.1 Å². The second-order valence-electron chi connectivity index (χ2n) is 4.26. The summed E-state index contributed by atoms with van der Waals surface area (Å²) < 4.78 is 5.45. The predicted octanol–water partition coefficient (Wildman–Crippen LogP) is 1.86. The van der Waals surface area contributed by atoms with Crippen molar-refractivity contribution in [1.29, 1.82) is 0 Å². The molecular weight excluding hydrogens is 220 g/mol. The monoisotopic (exact) mass is 240 g/mol. The lowest BCUT2D eigenvalue weighted by Gasteiger charge is -2.36. The van der Waals surface area contributed by atoms with Crippen molar-refractivity contribution >= 4 is 11.3 Å². The zero-order valence-electron chi connectivity index (χ0n) is 9.76. The Morgan fingerprint density at radius 2 is 2.56 bits per heavy atom. The highest BCUT2D eigenvalue weighted by Gasteiger charge is 2.26. The smallest absolute Gasteiger partial charge is 0.0698 e. The summed E-state index contributed by atoms with van der Waals surface area (Å²) in [5.74, 6) is 0. The van der Waals surface area contributed by atoms with E-state index in [2.05, 4.69) is 22.4 Å². The van der Waals surface area contributed by atoms with Crippen molar-refractivity contribution in [1.82, 2.24) is 4.90 Å². The van der Waals surface area contributed by atoms with Gasteiger partial charge >= 0.3 is 0 Å². The number of piperidine rings is 1. The molecule has 0 aliphatic carbocycles. The molecule has 2 heterocycles. The number of hydrogen-bond acceptors (Lipinski definition) is 4. The maximum absolute atomic E-state index is 5.91. The van der Waals surface area contributed by atoms with Gasteiger partial charge in [0.1, 0.15) is 0 Å². The van der Waals surface area contributed by atoms with Crippen LogP contribution in [-0.2, 0) is 4.74 Å². The highest BCUT2D eigenvalue weighted by atomic mass is 32.1. The molecular formula is C12H20N2OS. The molecule has 0 bridgehead atoms. The first-order chi connectivity index (χ1) is 7.85. The fourth-order valence-electron chi connectivity index (χ4n) is 2.37. The van der Waals surface area contributed by atoms with Crippen LogP contribution >= 0.6 is 11.3 Å². The van der Waals surface area contributed by atoms with Crippen LogP contribution in [0.5, 0.6) is 0 Å². The van der Waals surface area contributed by atoms with Gasteiger partial charge in [0.15, 0.2) is 0 Å². The number of nitrogens with two attached hydrogens (primary N) is 1. The minimum atomic E-state index is 0.373. The summed E-state index contributed by atoms with van der Waals surface area (Å²) in [7, 11) is 1.80. The van der Waals surface area contributed by atoms with Gasteiger partial charge in [-0.15, -0.1) is 11.3 Å². The van der Waals surface area contributed by atoms with E-state index in [-0.39, 0.29) is 0 Å². The van der Waals surface area contributed by atoms with Crippen LogP contribution in [0.2, 0.25) is 0 Å². The van der Waals surface area contributed by atoms with Gasteiger partial charge in [-0.1, -0.05) is 6.07 Å². The molecule has 2 rings (SSSR count). The molecule has 1 aliphatic heterocycles. The van der Waals surface area contributed by atoms with E-state index in [1.54, 1.807) is 18.4 Å². The zero-order valence-corrected chi connectivity index (χ0v) is 10.6. The van der Waals surface area contributed by atoms with E-state index in [1.807, 2.05) is 0 Å². The number of nitrogens with zero attached hydrogens (tertiary/aromatic N) is 1. The molecule has 1 fully saturated rings. The summed E-state index contributed by atoms with van der Waals surface area (Å²) in [6.45, 7) is 2.84. The summed E-state index contributed by atoms with van der Waals surface area (Å²) in [6, 6.07) is 4.65. The maximum atomic E-state index is 5.91. The van der Waals surface area contributed by atoms with E-state index in [9.17, 15) is 0 Å². The Hall–Kier alpha value is -0.420. The van der Waals surface area contributed by atoms with E-state index in [1.165, 1.54) is 17.7 Å². The summed E-state index contributed by atoms with van der Waals surface area (Å²) in [4.78, 5) is 3.84. The fourth-order valence-corrected chi connectivity index (χ4v) is 3.24. The average molecular weight is 240 g/mol. The number of methoxy groups -OCH3 is 1. The Bertz CT molecular complexity index is 302. The second kappa shape index (κ2) is 5.77. The van der Waals surface area contributed by atoms with Crippen LogP contribution in [0.4, 0.5) is 0 Å². The van der Waals surface area contributed by atoms with Gasteiger partial charge in [-0.3, -0.25) is 4.90 Å². The van der Waals surface area contributed by atoms with Crippen molar-refractivity contribution in [2.24, 2.45) is 5.73 Å². The Morgan fingerprint density at radius 1 is 1.69 bits per heavy atom. The summed E-state index contributed by atoms with van der Waals surface area (Å²) in [5, 5.41) is 2.12. The van der Waals surface area contributed by atoms with Crippen molar-refractivity contribution < 1.29 is 4.74 Å². The van der Waals surface area contributed by atoms with Crippen molar-refractivity contribution in [3.8, 4) is 0 Å². The van der Waals surface area contributed by atoms with Gasteiger partial charge in [0.2, 0.25) is 0 Å². The molecule has 2 N–H and O–H groups in total. The molecule has 1 aromatic heterocycles. The average Bonchev–Trinajstić information content (AvgIpc) is 2.84. The first-order valence-electron chi connectivity index (χ1n) is 5.85. The number of thiophene rings is 1. The largest absolute Gasteiger partial charge is 0.380 e. The second-order valence-corrected chi connectivity index (χ2v) is 5.24.